The molecule has 35 heavy (non-hydrogen) atoms. The van der Waals surface area contributed by atoms with Gasteiger partial charge in [0.1, 0.15) is 18.2 Å². The molecule has 180 valence electrons. The van der Waals surface area contributed by atoms with Gasteiger partial charge in [-0.2, -0.15) is 0 Å². The van der Waals surface area contributed by atoms with Crippen LogP contribution in [0.25, 0.3) is 21.9 Å². The van der Waals surface area contributed by atoms with E-state index in [1.54, 1.807) is 6.08 Å². The van der Waals surface area contributed by atoms with E-state index in [-0.39, 0.29) is 5.82 Å². The van der Waals surface area contributed by atoms with Gasteiger partial charge in [-0.1, -0.05) is 106 Å². The van der Waals surface area contributed by atoms with Gasteiger partial charge in [0.05, 0.1) is 0 Å². The minimum Gasteiger partial charge on any atom is -0.490 e. The smallest absolute Gasteiger partial charge is 0.138 e. The molecule has 0 spiro atoms. The van der Waals surface area contributed by atoms with Gasteiger partial charge in [0.25, 0.3) is 0 Å². The van der Waals surface area contributed by atoms with Crippen molar-refractivity contribution < 1.29 is 9.13 Å². The molecular formula is C33H35FO. The van der Waals surface area contributed by atoms with E-state index in [1.807, 2.05) is 42.5 Å². The van der Waals surface area contributed by atoms with Crippen LogP contribution in [-0.4, -0.2) is 6.61 Å². The first-order valence-corrected chi connectivity index (χ1v) is 12.8. The van der Waals surface area contributed by atoms with Crippen LogP contribution in [0.5, 0.6) is 5.75 Å². The van der Waals surface area contributed by atoms with Gasteiger partial charge in [-0.3, -0.25) is 0 Å². The fourth-order valence-corrected chi connectivity index (χ4v) is 4.52. The number of hydrogen-bond donors (Lipinski definition) is 0. The number of hydrogen-bond acceptors (Lipinski definition) is 1. The van der Waals surface area contributed by atoms with Gasteiger partial charge >= 0.3 is 0 Å². The van der Waals surface area contributed by atoms with Gasteiger partial charge in [-0.15, -0.1) is 0 Å². The molecule has 0 unspecified atom stereocenters. The molecule has 1 nitrogen and oxygen atoms in total. The highest BCUT2D eigenvalue weighted by Crippen LogP contribution is 2.31. The molecule has 4 aromatic carbocycles. The van der Waals surface area contributed by atoms with E-state index in [1.165, 1.54) is 48.8 Å². The van der Waals surface area contributed by atoms with Crippen LogP contribution in [0.3, 0.4) is 0 Å². The van der Waals surface area contributed by atoms with Crippen LogP contribution in [0, 0.1) is 5.82 Å². The van der Waals surface area contributed by atoms with E-state index < -0.39 is 0 Å². The summed E-state index contributed by atoms with van der Waals surface area (Å²) < 4.78 is 20.9. The average Bonchev–Trinajstić information content (AvgIpc) is 2.90. The SMILES string of the molecule is C=CCOc1ccc(-c2ccc3cc(CCc4ccc(CCCCCC)cc4)ccc3c2F)cc1. The Kier molecular flexibility index (Phi) is 8.73. The minimum absolute atomic E-state index is 0.177. The van der Waals surface area contributed by atoms with Crippen LogP contribution in [0.1, 0.15) is 49.3 Å². The summed E-state index contributed by atoms with van der Waals surface area (Å²) in [6, 6.07) is 26.6. The first kappa shape index (κ1) is 24.7. The standard InChI is InChI=1S/C33H35FO/c1-3-5-6-7-8-25-9-11-26(12-10-25)13-14-27-15-21-32-29(24-27)18-22-31(33(32)34)28-16-19-30(20-17-28)35-23-4-2/h4,9-12,15-22,24H,2-3,5-8,13-14,23H2,1H3. The number of benzene rings is 4. The second kappa shape index (κ2) is 12.4. The third-order valence-electron chi connectivity index (χ3n) is 6.60. The number of ether oxygens (including phenoxy) is 1. The summed E-state index contributed by atoms with van der Waals surface area (Å²) in [6.45, 7) is 6.36. The average molecular weight is 467 g/mol. The van der Waals surface area contributed by atoms with Gasteiger partial charge in [0, 0.05) is 10.9 Å². The Morgan fingerprint density at radius 1 is 0.743 bits per heavy atom. The van der Waals surface area contributed by atoms with Crippen molar-refractivity contribution in [3.05, 3.63) is 114 Å². The monoisotopic (exact) mass is 466 g/mol. The highest BCUT2D eigenvalue weighted by atomic mass is 19.1. The van der Waals surface area contributed by atoms with Crippen LogP contribution in [0.4, 0.5) is 4.39 Å². The summed E-state index contributed by atoms with van der Waals surface area (Å²) in [4.78, 5) is 0. The third-order valence-corrected chi connectivity index (χ3v) is 6.60. The Hall–Kier alpha value is -3.39. The lowest BCUT2D eigenvalue weighted by Crippen LogP contribution is -1.94. The fourth-order valence-electron chi connectivity index (χ4n) is 4.52. The van der Waals surface area contributed by atoms with Crippen molar-refractivity contribution in [2.24, 2.45) is 0 Å². The minimum atomic E-state index is -0.177. The summed E-state index contributed by atoms with van der Waals surface area (Å²) in [5, 5.41) is 1.60. The lowest BCUT2D eigenvalue weighted by Gasteiger charge is -2.10. The van der Waals surface area contributed by atoms with Gasteiger partial charge in [0.2, 0.25) is 0 Å². The summed E-state index contributed by atoms with van der Waals surface area (Å²) in [5.41, 5.74) is 5.46. The molecule has 0 aliphatic carbocycles. The molecule has 0 aliphatic rings. The quantitative estimate of drug-likeness (QED) is 0.149. The zero-order valence-electron chi connectivity index (χ0n) is 20.7. The Balaban J connectivity index is 1.40. The van der Waals surface area contributed by atoms with Crippen molar-refractivity contribution >= 4 is 10.8 Å². The normalized spacial score (nSPS) is 11.0. The summed E-state index contributed by atoms with van der Waals surface area (Å²) in [7, 11) is 0. The second-order valence-electron chi connectivity index (χ2n) is 9.23. The number of rotatable bonds is 12. The van der Waals surface area contributed by atoms with Crippen LogP contribution in [-0.2, 0) is 19.3 Å². The Bertz CT molecular complexity index is 1240. The summed E-state index contributed by atoms with van der Waals surface area (Å²) >= 11 is 0. The molecule has 4 rings (SSSR count). The Morgan fingerprint density at radius 2 is 1.43 bits per heavy atom. The van der Waals surface area contributed by atoms with Crippen molar-refractivity contribution in [2.75, 3.05) is 6.61 Å². The third kappa shape index (κ3) is 6.60. The van der Waals surface area contributed by atoms with E-state index in [9.17, 15) is 0 Å². The van der Waals surface area contributed by atoms with Gasteiger partial charge < -0.3 is 4.74 Å². The molecule has 0 saturated heterocycles. The number of aryl methyl sites for hydroxylation is 3. The molecular weight excluding hydrogens is 431 g/mol. The molecule has 0 fully saturated rings. The lowest BCUT2D eigenvalue weighted by molar-refractivity contribution is 0.363. The molecule has 0 radical (unpaired) electrons. The van der Waals surface area contributed by atoms with Crippen LogP contribution in [0.2, 0.25) is 0 Å². The first-order valence-electron chi connectivity index (χ1n) is 12.8. The molecule has 0 heterocycles. The van der Waals surface area contributed by atoms with Crippen LogP contribution in [0.15, 0.2) is 91.5 Å². The molecule has 2 heteroatoms. The predicted molar refractivity (Wildman–Crippen MR) is 147 cm³/mol. The number of unbranched alkanes of at least 4 members (excludes halogenated alkanes) is 3. The van der Waals surface area contributed by atoms with Crippen molar-refractivity contribution in [3.63, 3.8) is 0 Å². The van der Waals surface area contributed by atoms with Crippen molar-refractivity contribution in [1.82, 2.24) is 0 Å². The van der Waals surface area contributed by atoms with Crippen molar-refractivity contribution in [3.8, 4) is 16.9 Å². The molecule has 0 saturated carbocycles. The van der Waals surface area contributed by atoms with Crippen molar-refractivity contribution in [2.45, 2.75) is 51.9 Å². The highest BCUT2D eigenvalue weighted by molar-refractivity contribution is 5.88. The highest BCUT2D eigenvalue weighted by Gasteiger charge is 2.10. The molecule has 0 amide bonds. The van der Waals surface area contributed by atoms with E-state index in [2.05, 4.69) is 49.9 Å². The fraction of sp³-hybridized carbons (Fsp3) is 0.273. The summed E-state index contributed by atoms with van der Waals surface area (Å²) in [6.07, 6.45) is 10.0. The van der Waals surface area contributed by atoms with Crippen molar-refractivity contribution in [1.29, 1.82) is 0 Å². The molecule has 4 aromatic rings. The number of fused-ring (bicyclic) bond motifs is 1. The second-order valence-corrected chi connectivity index (χ2v) is 9.23. The van der Waals surface area contributed by atoms with Gasteiger partial charge in [0.15, 0.2) is 0 Å². The van der Waals surface area contributed by atoms with Gasteiger partial charge in [-0.25, -0.2) is 4.39 Å². The van der Waals surface area contributed by atoms with E-state index in [0.717, 1.165) is 29.5 Å². The molecule has 0 bridgehead atoms. The maximum Gasteiger partial charge on any atom is 0.138 e. The predicted octanol–water partition coefficient (Wildman–Crippen LogP) is 9.12. The molecule has 0 aliphatic heterocycles. The largest absolute Gasteiger partial charge is 0.490 e. The van der Waals surface area contributed by atoms with E-state index >= 15 is 4.39 Å². The maximum atomic E-state index is 15.4. The van der Waals surface area contributed by atoms with E-state index in [0.29, 0.717) is 17.6 Å². The topological polar surface area (TPSA) is 9.23 Å². The van der Waals surface area contributed by atoms with E-state index in [4.69, 9.17) is 4.74 Å². The molecule has 0 N–H and O–H groups in total. The molecule has 0 atom stereocenters. The Labute approximate surface area is 209 Å². The zero-order valence-corrected chi connectivity index (χ0v) is 20.7. The molecule has 0 aromatic heterocycles. The maximum absolute atomic E-state index is 15.4. The Morgan fingerprint density at radius 3 is 2.14 bits per heavy atom. The number of halogens is 1. The van der Waals surface area contributed by atoms with Crippen LogP contribution < -0.4 is 4.74 Å². The lowest BCUT2D eigenvalue weighted by atomic mass is 9.96. The van der Waals surface area contributed by atoms with Gasteiger partial charge in [-0.05, 0) is 65.5 Å². The first-order chi connectivity index (χ1) is 17.2. The van der Waals surface area contributed by atoms with Crippen LogP contribution >= 0.6 is 0 Å². The summed E-state index contributed by atoms with van der Waals surface area (Å²) in [5.74, 6) is 0.574. The zero-order chi connectivity index (χ0) is 24.5.